The number of amides is 1. The zero-order valence-electron chi connectivity index (χ0n) is 15.0. The van der Waals surface area contributed by atoms with Gasteiger partial charge in [-0.1, -0.05) is 47.5 Å². The number of halogens is 1. The van der Waals surface area contributed by atoms with E-state index in [0.717, 1.165) is 11.1 Å². The summed E-state index contributed by atoms with van der Waals surface area (Å²) in [6.45, 7) is 1.98. The van der Waals surface area contributed by atoms with Gasteiger partial charge in [-0.2, -0.15) is 0 Å². The summed E-state index contributed by atoms with van der Waals surface area (Å²) in [5.41, 5.74) is 3.07. The van der Waals surface area contributed by atoms with Gasteiger partial charge in [0.25, 0.3) is 5.91 Å². The zero-order chi connectivity index (χ0) is 19.7. The summed E-state index contributed by atoms with van der Waals surface area (Å²) < 4.78 is 5.91. The second-order valence-corrected chi connectivity index (χ2v) is 6.90. The highest BCUT2D eigenvalue weighted by atomic mass is 35.5. The summed E-state index contributed by atoms with van der Waals surface area (Å²) in [5, 5.41) is 3.53. The molecule has 0 radical (unpaired) electrons. The van der Waals surface area contributed by atoms with Gasteiger partial charge >= 0.3 is 0 Å². The van der Waals surface area contributed by atoms with Crippen LogP contribution in [0.5, 0.6) is 0 Å². The van der Waals surface area contributed by atoms with Crippen LogP contribution in [0.1, 0.15) is 15.9 Å². The van der Waals surface area contributed by atoms with Gasteiger partial charge in [-0.05, 0) is 43.3 Å². The lowest BCUT2D eigenvalue weighted by Gasteiger charge is -2.08. The summed E-state index contributed by atoms with van der Waals surface area (Å²) in [5.74, 6) is 0.166. The van der Waals surface area contributed by atoms with E-state index < -0.39 is 0 Å². The van der Waals surface area contributed by atoms with Crippen molar-refractivity contribution in [3.05, 3.63) is 99.2 Å². The lowest BCUT2D eigenvalue weighted by molar-refractivity contribution is 0.102. The maximum atomic E-state index is 12.6. The fourth-order valence-electron chi connectivity index (χ4n) is 3.02. The van der Waals surface area contributed by atoms with Crippen LogP contribution in [-0.2, 0) is 0 Å². The molecule has 28 heavy (non-hydrogen) atoms. The smallest absolute Gasteiger partial charge is 0.257 e. The van der Waals surface area contributed by atoms with Crippen molar-refractivity contribution in [1.29, 1.82) is 0 Å². The number of carbonyl (C=O) groups excluding carboxylic acids is 1. The van der Waals surface area contributed by atoms with Crippen molar-refractivity contribution in [1.82, 2.24) is 0 Å². The molecule has 0 fully saturated rings. The van der Waals surface area contributed by atoms with E-state index in [4.69, 9.17) is 16.0 Å². The number of hydrogen-bond acceptors (Lipinski definition) is 3. The Morgan fingerprint density at radius 1 is 0.964 bits per heavy atom. The number of aryl methyl sites for hydroxylation is 1. The zero-order valence-corrected chi connectivity index (χ0v) is 15.8. The average Bonchev–Trinajstić information content (AvgIpc) is 2.68. The molecule has 0 saturated heterocycles. The van der Waals surface area contributed by atoms with Crippen LogP contribution >= 0.6 is 11.6 Å². The highest BCUT2D eigenvalue weighted by Crippen LogP contribution is 2.25. The molecule has 0 aliphatic carbocycles. The Hall–Kier alpha value is -3.37. The molecule has 1 heterocycles. The molecular formula is C23H16ClNO3. The predicted octanol–water partition coefficient (Wildman–Crippen LogP) is 5.67. The third-order valence-corrected chi connectivity index (χ3v) is 4.74. The first-order chi connectivity index (χ1) is 13.5. The van der Waals surface area contributed by atoms with Crippen molar-refractivity contribution in [2.24, 2.45) is 0 Å². The first-order valence-electron chi connectivity index (χ1n) is 8.72. The van der Waals surface area contributed by atoms with Crippen molar-refractivity contribution >= 4 is 34.2 Å². The fourth-order valence-corrected chi connectivity index (χ4v) is 3.24. The van der Waals surface area contributed by atoms with Crippen molar-refractivity contribution in [3.63, 3.8) is 0 Å². The number of hydrogen-bond donors (Lipinski definition) is 1. The minimum atomic E-state index is -0.342. The van der Waals surface area contributed by atoms with Crippen LogP contribution in [0.15, 0.2) is 82.0 Å². The summed E-state index contributed by atoms with van der Waals surface area (Å²) in [6, 6.07) is 21.0. The monoisotopic (exact) mass is 389 g/mol. The molecule has 0 aliphatic heterocycles. The number of nitrogens with one attached hydrogen (secondary N) is 1. The van der Waals surface area contributed by atoms with Gasteiger partial charge in [0, 0.05) is 17.3 Å². The Labute approximate surface area is 166 Å². The van der Waals surface area contributed by atoms with E-state index in [1.165, 1.54) is 6.07 Å². The molecule has 0 unspecified atom stereocenters. The van der Waals surface area contributed by atoms with E-state index in [1.807, 2.05) is 31.2 Å². The largest absolute Gasteiger partial charge is 0.456 e. The Bertz CT molecular complexity index is 1260. The van der Waals surface area contributed by atoms with E-state index in [1.54, 1.807) is 42.5 Å². The van der Waals surface area contributed by atoms with Crippen LogP contribution in [0, 0.1) is 6.92 Å². The van der Waals surface area contributed by atoms with Gasteiger partial charge in [-0.25, -0.2) is 0 Å². The SMILES string of the molecule is Cc1cccc(-c2cc(=O)c3cc(NC(=O)c4ccccc4Cl)ccc3o2)c1. The summed E-state index contributed by atoms with van der Waals surface area (Å²) in [4.78, 5) is 25.1. The molecule has 1 N–H and O–H groups in total. The molecule has 0 bridgehead atoms. The number of carbonyl (C=O) groups is 1. The van der Waals surface area contributed by atoms with Crippen molar-refractivity contribution in [2.75, 3.05) is 5.32 Å². The van der Waals surface area contributed by atoms with Crippen LogP contribution in [0.25, 0.3) is 22.3 Å². The van der Waals surface area contributed by atoms with E-state index in [0.29, 0.717) is 33.0 Å². The molecular weight excluding hydrogens is 374 g/mol. The molecule has 4 aromatic rings. The molecule has 0 atom stereocenters. The number of benzene rings is 3. The molecule has 138 valence electrons. The standard InChI is InChI=1S/C23H16ClNO3/c1-14-5-4-6-15(11-14)22-13-20(26)18-12-16(9-10-21(18)28-22)25-23(27)17-7-2-3-8-19(17)24/h2-13H,1H3,(H,25,27). The fraction of sp³-hybridized carbons (Fsp3) is 0.0435. The normalized spacial score (nSPS) is 10.8. The lowest BCUT2D eigenvalue weighted by Crippen LogP contribution is -2.12. The van der Waals surface area contributed by atoms with Gasteiger partial charge in [-0.3, -0.25) is 9.59 Å². The van der Waals surface area contributed by atoms with Crippen LogP contribution in [-0.4, -0.2) is 5.91 Å². The maximum Gasteiger partial charge on any atom is 0.257 e. The van der Waals surface area contributed by atoms with Crippen LogP contribution in [0.4, 0.5) is 5.69 Å². The third-order valence-electron chi connectivity index (χ3n) is 4.41. The first kappa shape index (κ1) is 18.0. The first-order valence-corrected chi connectivity index (χ1v) is 9.10. The van der Waals surface area contributed by atoms with E-state index in [9.17, 15) is 9.59 Å². The molecule has 0 aliphatic rings. The molecule has 5 heteroatoms. The summed E-state index contributed by atoms with van der Waals surface area (Å²) in [6.07, 6.45) is 0. The lowest BCUT2D eigenvalue weighted by atomic mass is 10.1. The molecule has 0 saturated carbocycles. The Kier molecular flexibility index (Phi) is 4.72. The quantitative estimate of drug-likeness (QED) is 0.490. The summed E-state index contributed by atoms with van der Waals surface area (Å²) in [7, 11) is 0. The van der Waals surface area contributed by atoms with Gasteiger partial charge in [0.1, 0.15) is 11.3 Å². The molecule has 4 rings (SSSR count). The van der Waals surface area contributed by atoms with Gasteiger partial charge in [0.05, 0.1) is 16.0 Å². The second-order valence-electron chi connectivity index (χ2n) is 6.49. The highest BCUT2D eigenvalue weighted by Gasteiger charge is 2.12. The predicted molar refractivity (Wildman–Crippen MR) is 112 cm³/mol. The van der Waals surface area contributed by atoms with E-state index in [2.05, 4.69) is 5.32 Å². The Balaban J connectivity index is 1.69. The minimum absolute atomic E-state index is 0.174. The van der Waals surface area contributed by atoms with Crippen LogP contribution in [0.2, 0.25) is 5.02 Å². The number of rotatable bonds is 3. The average molecular weight is 390 g/mol. The number of anilines is 1. The van der Waals surface area contributed by atoms with Crippen molar-refractivity contribution in [2.45, 2.75) is 6.92 Å². The van der Waals surface area contributed by atoms with Crippen LogP contribution in [0.3, 0.4) is 0 Å². The van der Waals surface area contributed by atoms with Crippen molar-refractivity contribution in [3.8, 4) is 11.3 Å². The van der Waals surface area contributed by atoms with E-state index in [-0.39, 0.29) is 11.3 Å². The Morgan fingerprint density at radius 3 is 2.57 bits per heavy atom. The van der Waals surface area contributed by atoms with Gasteiger partial charge < -0.3 is 9.73 Å². The van der Waals surface area contributed by atoms with E-state index >= 15 is 0 Å². The van der Waals surface area contributed by atoms with Gasteiger partial charge in [0.15, 0.2) is 5.43 Å². The minimum Gasteiger partial charge on any atom is -0.456 e. The molecule has 4 nitrogen and oxygen atoms in total. The second kappa shape index (κ2) is 7.33. The molecule has 0 spiro atoms. The van der Waals surface area contributed by atoms with Gasteiger partial charge in [-0.15, -0.1) is 0 Å². The molecule has 1 aromatic heterocycles. The highest BCUT2D eigenvalue weighted by molar-refractivity contribution is 6.34. The summed E-state index contributed by atoms with van der Waals surface area (Å²) >= 11 is 6.07. The Morgan fingerprint density at radius 2 is 1.79 bits per heavy atom. The van der Waals surface area contributed by atoms with Crippen molar-refractivity contribution < 1.29 is 9.21 Å². The molecule has 1 amide bonds. The number of fused-ring (bicyclic) bond motifs is 1. The molecule has 3 aromatic carbocycles. The van der Waals surface area contributed by atoms with Gasteiger partial charge in [0.2, 0.25) is 0 Å². The topological polar surface area (TPSA) is 59.3 Å². The third kappa shape index (κ3) is 3.55. The van der Waals surface area contributed by atoms with Crippen LogP contribution < -0.4 is 10.7 Å². The maximum absolute atomic E-state index is 12.6.